The maximum Gasteiger partial charge on any atom is 0.411 e. The van der Waals surface area contributed by atoms with Gasteiger partial charge in [0.1, 0.15) is 12.4 Å². The molecule has 1 N–H and O–H groups in total. The molecule has 0 bridgehead atoms. The highest BCUT2D eigenvalue weighted by atomic mass is 16.5. The third-order valence-corrected chi connectivity index (χ3v) is 6.51. The molecule has 2 atom stereocenters. The van der Waals surface area contributed by atoms with Gasteiger partial charge in [-0.25, -0.2) is 4.79 Å². The fourth-order valence-electron chi connectivity index (χ4n) is 4.82. The first kappa shape index (κ1) is 22.0. The second kappa shape index (κ2) is 9.59. The maximum absolute atomic E-state index is 13.3. The number of nitrogens with zero attached hydrogens (tertiary/aromatic N) is 1. The number of carbonyl (C=O) groups is 2. The van der Waals surface area contributed by atoms with Gasteiger partial charge < -0.3 is 14.4 Å². The van der Waals surface area contributed by atoms with Crippen LogP contribution in [0.1, 0.15) is 48.1 Å². The van der Waals surface area contributed by atoms with E-state index in [1.807, 2.05) is 53.4 Å². The van der Waals surface area contributed by atoms with Crippen molar-refractivity contribution in [2.45, 2.75) is 51.5 Å². The van der Waals surface area contributed by atoms with Gasteiger partial charge in [0.25, 0.3) is 5.91 Å². The predicted molar refractivity (Wildman–Crippen MR) is 129 cm³/mol. The second-order valence-corrected chi connectivity index (χ2v) is 8.84. The third-order valence-electron chi connectivity index (χ3n) is 6.51. The van der Waals surface area contributed by atoms with E-state index in [-0.39, 0.29) is 18.6 Å². The van der Waals surface area contributed by atoms with Gasteiger partial charge in [0.05, 0.1) is 12.6 Å². The summed E-state index contributed by atoms with van der Waals surface area (Å²) in [4.78, 5) is 27.6. The van der Waals surface area contributed by atoms with Gasteiger partial charge in [0.15, 0.2) is 6.10 Å². The first-order chi connectivity index (χ1) is 16.6. The standard InChI is InChI=1S/C28H28N2O4/c1-19-27(31)30(25-13-7-11-21-10-5-6-12-24(21)25)17-22-16-23(14-15-26(22)34-19)29-28(32)33-18-20-8-3-2-4-9-20/h2-6,8-10,12,14-16,19,25H,7,11,13,17-18H2,1H3,(H,29,32)/t19-,25+/m0/s1. The molecule has 2 amide bonds. The SMILES string of the molecule is C[C@@H]1Oc2ccc(NC(=O)OCc3ccccc3)cc2CN([C@@H]2CCCc3ccccc32)C1=O. The van der Waals surface area contributed by atoms with Gasteiger partial charge >= 0.3 is 6.09 Å². The van der Waals surface area contributed by atoms with Crippen molar-refractivity contribution in [3.8, 4) is 5.75 Å². The van der Waals surface area contributed by atoms with Crippen LogP contribution >= 0.6 is 0 Å². The number of rotatable bonds is 4. The summed E-state index contributed by atoms with van der Waals surface area (Å²) in [5.41, 5.74) is 4.91. The first-order valence-electron chi connectivity index (χ1n) is 11.7. The molecule has 0 aromatic heterocycles. The molecular weight excluding hydrogens is 428 g/mol. The molecule has 5 rings (SSSR count). The molecule has 0 saturated carbocycles. The zero-order valence-electron chi connectivity index (χ0n) is 19.2. The fraction of sp³-hybridized carbons (Fsp3) is 0.286. The lowest BCUT2D eigenvalue weighted by molar-refractivity contribution is -0.140. The largest absolute Gasteiger partial charge is 0.481 e. The van der Waals surface area contributed by atoms with E-state index in [2.05, 4.69) is 23.5 Å². The summed E-state index contributed by atoms with van der Waals surface area (Å²) in [6.45, 7) is 2.42. The summed E-state index contributed by atoms with van der Waals surface area (Å²) < 4.78 is 11.4. The van der Waals surface area contributed by atoms with Crippen LogP contribution in [0.3, 0.4) is 0 Å². The average Bonchev–Trinajstić information content (AvgIpc) is 2.99. The van der Waals surface area contributed by atoms with Gasteiger partial charge in [-0.15, -0.1) is 0 Å². The number of aryl methyl sites for hydroxylation is 1. The number of fused-ring (bicyclic) bond motifs is 2. The Morgan fingerprint density at radius 3 is 2.71 bits per heavy atom. The number of benzene rings is 3. The van der Waals surface area contributed by atoms with Crippen LogP contribution in [0.15, 0.2) is 72.8 Å². The Balaban J connectivity index is 1.35. The minimum absolute atomic E-state index is 0.0157. The number of hydrogen-bond acceptors (Lipinski definition) is 4. The van der Waals surface area contributed by atoms with Crippen LogP contribution in [-0.2, 0) is 29.1 Å². The summed E-state index contributed by atoms with van der Waals surface area (Å²) in [6.07, 6.45) is 1.90. The van der Waals surface area contributed by atoms with Crippen LogP contribution in [0.4, 0.5) is 10.5 Å². The lowest BCUT2D eigenvalue weighted by Crippen LogP contribution is -2.41. The van der Waals surface area contributed by atoms with Crippen molar-refractivity contribution in [3.63, 3.8) is 0 Å². The number of amides is 2. The lowest BCUT2D eigenvalue weighted by atomic mass is 9.86. The molecule has 0 fully saturated rings. The molecule has 34 heavy (non-hydrogen) atoms. The Morgan fingerprint density at radius 2 is 1.85 bits per heavy atom. The van der Waals surface area contributed by atoms with Crippen molar-refractivity contribution >= 4 is 17.7 Å². The highest BCUT2D eigenvalue weighted by molar-refractivity contribution is 5.85. The molecule has 6 nitrogen and oxygen atoms in total. The van der Waals surface area contributed by atoms with Crippen LogP contribution in [0.5, 0.6) is 5.75 Å². The van der Waals surface area contributed by atoms with Crippen LogP contribution in [0, 0.1) is 0 Å². The van der Waals surface area contributed by atoms with Crippen LogP contribution in [0.25, 0.3) is 0 Å². The van der Waals surface area contributed by atoms with Crippen LogP contribution in [0.2, 0.25) is 0 Å². The van der Waals surface area contributed by atoms with Crippen LogP contribution in [-0.4, -0.2) is 23.0 Å². The van der Waals surface area contributed by atoms with Crippen molar-refractivity contribution in [3.05, 3.63) is 95.1 Å². The lowest BCUT2D eigenvalue weighted by Gasteiger charge is -2.35. The highest BCUT2D eigenvalue weighted by Gasteiger charge is 2.35. The van der Waals surface area contributed by atoms with Gasteiger partial charge in [-0.1, -0.05) is 54.6 Å². The van der Waals surface area contributed by atoms with Gasteiger partial charge in [0, 0.05) is 11.3 Å². The van der Waals surface area contributed by atoms with E-state index in [1.165, 1.54) is 11.1 Å². The molecular formula is C28H28N2O4. The fourth-order valence-corrected chi connectivity index (χ4v) is 4.82. The summed E-state index contributed by atoms with van der Waals surface area (Å²) in [7, 11) is 0. The molecule has 6 heteroatoms. The van der Waals surface area contributed by atoms with Gasteiger partial charge in [-0.2, -0.15) is 0 Å². The van der Waals surface area contributed by atoms with E-state index >= 15 is 0 Å². The Bertz CT molecular complexity index is 1190. The zero-order valence-corrected chi connectivity index (χ0v) is 19.2. The summed E-state index contributed by atoms with van der Waals surface area (Å²) in [5.74, 6) is 0.644. The van der Waals surface area contributed by atoms with Crippen molar-refractivity contribution in [1.82, 2.24) is 4.90 Å². The van der Waals surface area contributed by atoms with E-state index in [4.69, 9.17) is 9.47 Å². The Kier molecular flexibility index (Phi) is 6.21. The Morgan fingerprint density at radius 1 is 1.06 bits per heavy atom. The van der Waals surface area contributed by atoms with E-state index < -0.39 is 12.2 Å². The average molecular weight is 457 g/mol. The van der Waals surface area contributed by atoms with Crippen molar-refractivity contribution in [2.24, 2.45) is 0 Å². The molecule has 1 aliphatic carbocycles. The minimum atomic E-state index is -0.579. The Hall–Kier alpha value is -3.80. The summed E-state index contributed by atoms with van der Waals surface area (Å²) >= 11 is 0. The maximum atomic E-state index is 13.3. The predicted octanol–water partition coefficient (Wildman–Crippen LogP) is 5.62. The Labute approximate surface area is 199 Å². The zero-order chi connectivity index (χ0) is 23.5. The molecule has 3 aromatic carbocycles. The number of hydrogen-bond donors (Lipinski definition) is 1. The molecule has 174 valence electrons. The molecule has 0 unspecified atom stereocenters. The smallest absolute Gasteiger partial charge is 0.411 e. The molecule has 0 saturated heterocycles. The van der Waals surface area contributed by atoms with Gasteiger partial charge in [0.2, 0.25) is 0 Å². The van der Waals surface area contributed by atoms with Gasteiger partial charge in [-0.3, -0.25) is 10.1 Å². The number of ether oxygens (including phenoxy) is 2. The highest BCUT2D eigenvalue weighted by Crippen LogP contribution is 2.38. The monoisotopic (exact) mass is 456 g/mol. The topological polar surface area (TPSA) is 67.9 Å². The quantitative estimate of drug-likeness (QED) is 0.553. The van der Waals surface area contributed by atoms with E-state index in [0.717, 1.165) is 30.4 Å². The molecule has 2 aliphatic rings. The van der Waals surface area contributed by atoms with E-state index in [1.54, 1.807) is 13.0 Å². The molecule has 0 radical (unpaired) electrons. The molecule has 3 aromatic rings. The molecule has 1 heterocycles. The number of carbonyl (C=O) groups excluding carboxylic acids is 2. The van der Waals surface area contributed by atoms with Gasteiger partial charge in [-0.05, 0) is 61.1 Å². The summed E-state index contributed by atoms with van der Waals surface area (Å²) in [5, 5.41) is 2.79. The third kappa shape index (κ3) is 4.62. The first-order valence-corrected chi connectivity index (χ1v) is 11.7. The minimum Gasteiger partial charge on any atom is -0.481 e. The normalized spacial score (nSPS) is 19.3. The number of nitrogens with one attached hydrogen (secondary N) is 1. The van der Waals surface area contributed by atoms with E-state index in [0.29, 0.717) is 18.0 Å². The summed E-state index contributed by atoms with van der Waals surface area (Å²) in [6, 6.07) is 23.4. The van der Waals surface area contributed by atoms with Crippen molar-refractivity contribution in [1.29, 1.82) is 0 Å². The number of anilines is 1. The van der Waals surface area contributed by atoms with Crippen LogP contribution < -0.4 is 10.1 Å². The second-order valence-electron chi connectivity index (χ2n) is 8.84. The van der Waals surface area contributed by atoms with E-state index in [9.17, 15) is 9.59 Å². The van der Waals surface area contributed by atoms with Crippen molar-refractivity contribution in [2.75, 3.05) is 5.32 Å². The van der Waals surface area contributed by atoms with Crippen molar-refractivity contribution < 1.29 is 19.1 Å². The molecule has 1 aliphatic heterocycles. The molecule has 0 spiro atoms.